The monoisotopic (exact) mass is 322 g/mol. The van der Waals surface area contributed by atoms with Gasteiger partial charge in [-0.05, 0) is 35.1 Å². The maximum absolute atomic E-state index is 9.04. The molecule has 2 aromatic carbocycles. The van der Waals surface area contributed by atoms with Gasteiger partial charge in [-0.25, -0.2) is 0 Å². The van der Waals surface area contributed by atoms with Crippen molar-refractivity contribution in [3.05, 3.63) is 65.2 Å². The van der Waals surface area contributed by atoms with Gasteiger partial charge in [0.1, 0.15) is 18.4 Å². The second-order valence-electron chi connectivity index (χ2n) is 6.27. The summed E-state index contributed by atoms with van der Waals surface area (Å²) in [6, 6.07) is 17.2. The molecular formula is C20H22N2O2. The Labute approximate surface area is 143 Å². The van der Waals surface area contributed by atoms with Gasteiger partial charge < -0.3 is 9.94 Å². The van der Waals surface area contributed by atoms with Crippen molar-refractivity contribution in [3.8, 4) is 11.8 Å². The van der Waals surface area contributed by atoms with Crippen molar-refractivity contribution in [1.29, 1.82) is 5.26 Å². The summed E-state index contributed by atoms with van der Waals surface area (Å²) in [5, 5.41) is 21.0. The minimum atomic E-state index is -0.0192. The Morgan fingerprint density at radius 3 is 2.42 bits per heavy atom. The summed E-state index contributed by atoms with van der Waals surface area (Å²) in [5.74, 6) is 0.764. The zero-order valence-corrected chi connectivity index (χ0v) is 14.3. The number of hydrogen-bond donors (Lipinski definition) is 1. The molecule has 4 nitrogen and oxygen atoms in total. The molecule has 0 aliphatic heterocycles. The van der Waals surface area contributed by atoms with Crippen LogP contribution in [-0.4, -0.2) is 10.9 Å². The number of hydrogen-bond acceptors (Lipinski definition) is 4. The summed E-state index contributed by atoms with van der Waals surface area (Å²) in [6.07, 6.45) is 1.07. The van der Waals surface area contributed by atoms with E-state index >= 15 is 0 Å². The second kappa shape index (κ2) is 7.65. The zero-order valence-electron chi connectivity index (χ0n) is 14.3. The fourth-order valence-electron chi connectivity index (χ4n) is 2.38. The molecule has 1 N–H and O–H groups in total. The van der Waals surface area contributed by atoms with E-state index in [4.69, 9.17) is 15.2 Å². The van der Waals surface area contributed by atoms with Crippen LogP contribution >= 0.6 is 0 Å². The molecule has 0 aliphatic carbocycles. The molecule has 124 valence electrons. The van der Waals surface area contributed by atoms with Crippen LogP contribution < -0.4 is 4.74 Å². The highest BCUT2D eigenvalue weighted by Crippen LogP contribution is 2.28. The quantitative estimate of drug-likeness (QED) is 0.478. The van der Waals surface area contributed by atoms with E-state index in [1.54, 1.807) is 12.1 Å². The second-order valence-corrected chi connectivity index (χ2v) is 6.27. The molecular weight excluding hydrogens is 300 g/mol. The molecule has 0 fully saturated rings. The van der Waals surface area contributed by atoms with Crippen molar-refractivity contribution in [1.82, 2.24) is 0 Å². The lowest BCUT2D eigenvalue weighted by molar-refractivity contribution is 0.305. The highest BCUT2D eigenvalue weighted by molar-refractivity contribution is 6.12. The molecule has 2 aromatic rings. The molecule has 0 saturated carbocycles. The summed E-state index contributed by atoms with van der Waals surface area (Å²) >= 11 is 0. The van der Waals surface area contributed by atoms with Crippen LogP contribution in [0.4, 0.5) is 0 Å². The van der Waals surface area contributed by atoms with Gasteiger partial charge in [0.25, 0.3) is 0 Å². The van der Waals surface area contributed by atoms with Gasteiger partial charge >= 0.3 is 0 Å². The third-order valence-corrected chi connectivity index (χ3v) is 4.39. The maximum atomic E-state index is 9.04. The standard InChI is InChI=1S/C20H22N2O2/c1-4-20(2,3)16-9-11-17(12-10-16)24-14-15-7-5-6-8-18(15)19(13-21)22-23/h5-12,23H,4,14H2,1-3H3. The molecule has 0 heterocycles. The van der Waals surface area contributed by atoms with Gasteiger partial charge in [-0.2, -0.15) is 5.26 Å². The molecule has 0 unspecified atom stereocenters. The molecule has 2 rings (SSSR count). The van der Waals surface area contributed by atoms with Crippen molar-refractivity contribution in [2.45, 2.75) is 39.2 Å². The first-order chi connectivity index (χ1) is 11.5. The van der Waals surface area contributed by atoms with Crippen LogP contribution in [-0.2, 0) is 12.0 Å². The molecule has 0 bridgehead atoms. The molecule has 0 spiro atoms. The summed E-state index contributed by atoms with van der Waals surface area (Å²) in [4.78, 5) is 0. The number of ether oxygens (including phenoxy) is 1. The van der Waals surface area contributed by atoms with Gasteiger partial charge in [-0.15, -0.1) is 0 Å². The molecule has 4 heteroatoms. The van der Waals surface area contributed by atoms with Crippen molar-refractivity contribution >= 4 is 5.71 Å². The predicted octanol–water partition coefficient (Wildman–Crippen LogP) is 4.66. The Hall–Kier alpha value is -2.80. The zero-order chi connectivity index (χ0) is 17.6. The number of rotatable bonds is 6. The van der Waals surface area contributed by atoms with Gasteiger partial charge in [0.15, 0.2) is 5.71 Å². The average molecular weight is 322 g/mol. The van der Waals surface area contributed by atoms with Gasteiger partial charge in [0.2, 0.25) is 0 Å². The molecule has 0 aromatic heterocycles. The topological polar surface area (TPSA) is 65.6 Å². The van der Waals surface area contributed by atoms with E-state index in [1.165, 1.54) is 5.56 Å². The first-order valence-corrected chi connectivity index (χ1v) is 7.95. The first-order valence-electron chi connectivity index (χ1n) is 7.95. The molecule has 0 amide bonds. The molecule has 0 atom stereocenters. The number of nitriles is 1. The van der Waals surface area contributed by atoms with Gasteiger partial charge in [0, 0.05) is 5.56 Å². The Balaban J connectivity index is 2.14. The molecule has 0 radical (unpaired) electrons. The first kappa shape index (κ1) is 17.6. The van der Waals surface area contributed by atoms with Gasteiger partial charge in [-0.3, -0.25) is 0 Å². The van der Waals surface area contributed by atoms with Crippen LogP contribution in [0, 0.1) is 11.3 Å². The van der Waals surface area contributed by atoms with E-state index in [2.05, 4.69) is 38.1 Å². The van der Waals surface area contributed by atoms with Crippen LogP contribution in [0.1, 0.15) is 43.9 Å². The van der Waals surface area contributed by atoms with E-state index in [0.29, 0.717) is 12.2 Å². The van der Waals surface area contributed by atoms with Crippen molar-refractivity contribution in [3.63, 3.8) is 0 Å². The van der Waals surface area contributed by atoms with Crippen molar-refractivity contribution < 1.29 is 9.94 Å². The Bertz CT molecular complexity index is 756. The smallest absolute Gasteiger partial charge is 0.187 e. The lowest BCUT2D eigenvalue weighted by atomic mass is 9.82. The highest BCUT2D eigenvalue weighted by Gasteiger charge is 2.17. The van der Waals surface area contributed by atoms with Crippen LogP contribution in [0.5, 0.6) is 5.75 Å². The predicted molar refractivity (Wildman–Crippen MR) is 94.5 cm³/mol. The average Bonchev–Trinajstić information content (AvgIpc) is 2.62. The third kappa shape index (κ3) is 3.94. The van der Waals surface area contributed by atoms with E-state index in [9.17, 15) is 0 Å². The van der Waals surface area contributed by atoms with E-state index in [1.807, 2.05) is 30.3 Å². The largest absolute Gasteiger partial charge is 0.489 e. The third-order valence-electron chi connectivity index (χ3n) is 4.39. The van der Waals surface area contributed by atoms with Crippen LogP contribution in [0.15, 0.2) is 53.7 Å². The van der Waals surface area contributed by atoms with E-state index in [-0.39, 0.29) is 11.1 Å². The minimum Gasteiger partial charge on any atom is -0.489 e. The SMILES string of the molecule is CCC(C)(C)c1ccc(OCc2ccccc2C(C#N)=NO)cc1. The highest BCUT2D eigenvalue weighted by atomic mass is 16.5. The Kier molecular flexibility index (Phi) is 5.59. The van der Waals surface area contributed by atoms with Gasteiger partial charge in [-0.1, -0.05) is 62.3 Å². The van der Waals surface area contributed by atoms with Crippen molar-refractivity contribution in [2.75, 3.05) is 0 Å². The number of nitrogens with zero attached hydrogens (tertiary/aromatic N) is 2. The van der Waals surface area contributed by atoms with Crippen LogP contribution in [0.3, 0.4) is 0 Å². The summed E-state index contributed by atoms with van der Waals surface area (Å²) in [5.41, 5.74) is 2.77. The fraction of sp³-hybridized carbons (Fsp3) is 0.300. The number of benzene rings is 2. The molecule has 0 aliphatic rings. The Morgan fingerprint density at radius 2 is 1.83 bits per heavy atom. The normalized spacial score (nSPS) is 11.8. The Morgan fingerprint density at radius 1 is 1.17 bits per heavy atom. The maximum Gasteiger partial charge on any atom is 0.187 e. The summed E-state index contributed by atoms with van der Waals surface area (Å²) in [6.45, 7) is 6.91. The van der Waals surface area contributed by atoms with Crippen LogP contribution in [0.2, 0.25) is 0 Å². The van der Waals surface area contributed by atoms with Gasteiger partial charge in [0.05, 0.1) is 0 Å². The van der Waals surface area contributed by atoms with E-state index in [0.717, 1.165) is 17.7 Å². The number of oxime groups is 1. The fourth-order valence-corrected chi connectivity index (χ4v) is 2.38. The molecule has 24 heavy (non-hydrogen) atoms. The molecule has 0 saturated heterocycles. The van der Waals surface area contributed by atoms with E-state index < -0.39 is 0 Å². The lowest BCUT2D eigenvalue weighted by Gasteiger charge is -2.23. The lowest BCUT2D eigenvalue weighted by Crippen LogP contribution is -2.15. The minimum absolute atomic E-state index is 0.0192. The summed E-state index contributed by atoms with van der Waals surface area (Å²) < 4.78 is 5.83. The van der Waals surface area contributed by atoms with Crippen molar-refractivity contribution in [2.24, 2.45) is 5.16 Å². The summed E-state index contributed by atoms with van der Waals surface area (Å²) in [7, 11) is 0. The van der Waals surface area contributed by atoms with Crippen LogP contribution in [0.25, 0.3) is 0 Å².